The second-order valence-electron chi connectivity index (χ2n) is 5.55. The summed E-state index contributed by atoms with van der Waals surface area (Å²) in [5.74, 6) is 1.10. The number of carbonyl (C=O) groups excluding carboxylic acids is 1. The topological polar surface area (TPSA) is 60.8 Å². The number of carbonyl (C=O) groups is 1. The molecule has 0 unspecified atom stereocenters. The average molecular weight is 337 g/mol. The molecule has 6 nitrogen and oxygen atoms in total. The first-order valence-corrected chi connectivity index (χ1v) is 9.18. The van der Waals surface area contributed by atoms with E-state index >= 15 is 0 Å². The summed E-state index contributed by atoms with van der Waals surface area (Å²) in [6, 6.07) is 0. The minimum absolute atomic E-state index is 0.155. The number of hydrogen-bond acceptors (Lipinski definition) is 4. The number of thiazole rings is 1. The van der Waals surface area contributed by atoms with Gasteiger partial charge in [-0.3, -0.25) is 9.79 Å². The van der Waals surface area contributed by atoms with E-state index in [4.69, 9.17) is 4.99 Å². The Morgan fingerprint density at radius 2 is 2.00 bits per heavy atom. The summed E-state index contributed by atoms with van der Waals surface area (Å²) in [4.78, 5) is 26.0. The lowest BCUT2D eigenvalue weighted by Crippen LogP contribution is -2.53. The molecule has 0 radical (unpaired) electrons. The number of aliphatic imine (C=N–C) groups is 1. The van der Waals surface area contributed by atoms with Gasteiger partial charge in [-0.1, -0.05) is 6.92 Å². The van der Waals surface area contributed by atoms with Gasteiger partial charge in [-0.2, -0.15) is 0 Å². The molecule has 2 rings (SSSR count). The molecule has 1 N–H and O–H groups in total. The molecular formula is C16H27N5OS. The second-order valence-corrected chi connectivity index (χ2v) is 6.75. The molecule has 1 aromatic heterocycles. The summed E-state index contributed by atoms with van der Waals surface area (Å²) in [6.07, 6.45) is 3.90. The minimum atomic E-state index is 0.155. The minimum Gasteiger partial charge on any atom is -0.357 e. The number of aromatic nitrogens is 1. The molecule has 1 aliphatic heterocycles. The monoisotopic (exact) mass is 337 g/mol. The Labute approximate surface area is 142 Å². The van der Waals surface area contributed by atoms with Crippen molar-refractivity contribution < 1.29 is 4.79 Å². The molecule has 0 bridgehead atoms. The zero-order chi connectivity index (χ0) is 16.7. The summed E-state index contributed by atoms with van der Waals surface area (Å²) in [7, 11) is 0. The van der Waals surface area contributed by atoms with Crippen LogP contribution in [0, 0.1) is 0 Å². The molecule has 128 valence electrons. The third-order valence-electron chi connectivity index (χ3n) is 3.90. The van der Waals surface area contributed by atoms with Crippen LogP contribution in [0.25, 0.3) is 0 Å². The van der Waals surface area contributed by atoms with Crippen molar-refractivity contribution >= 4 is 23.2 Å². The van der Waals surface area contributed by atoms with E-state index in [0.717, 1.165) is 63.1 Å². The van der Waals surface area contributed by atoms with Crippen LogP contribution < -0.4 is 5.32 Å². The van der Waals surface area contributed by atoms with Crippen LogP contribution in [0.4, 0.5) is 0 Å². The Morgan fingerprint density at radius 1 is 1.30 bits per heavy atom. The van der Waals surface area contributed by atoms with Gasteiger partial charge in [0.25, 0.3) is 0 Å². The third kappa shape index (κ3) is 5.20. The standard InChI is InChI=1S/C16H27N5OS/c1-4-14-12-19-15(23-14)6-7-18-16(17-5-2)21-10-8-20(9-11-21)13(3)22/h12H,4-11H2,1-3H3,(H,17,18). The second kappa shape index (κ2) is 8.86. The highest BCUT2D eigenvalue weighted by molar-refractivity contribution is 7.11. The van der Waals surface area contributed by atoms with Crippen molar-refractivity contribution in [2.45, 2.75) is 33.6 Å². The Bertz CT molecular complexity index is 534. The molecule has 0 aromatic carbocycles. The van der Waals surface area contributed by atoms with E-state index in [0.29, 0.717) is 0 Å². The molecule has 1 saturated heterocycles. The maximum absolute atomic E-state index is 11.4. The number of piperazine rings is 1. The van der Waals surface area contributed by atoms with Crippen LogP contribution in [-0.4, -0.2) is 65.9 Å². The summed E-state index contributed by atoms with van der Waals surface area (Å²) in [5, 5.41) is 4.51. The zero-order valence-electron chi connectivity index (χ0n) is 14.3. The maximum atomic E-state index is 11.4. The van der Waals surface area contributed by atoms with E-state index in [2.05, 4.69) is 29.0 Å². The molecule has 0 atom stereocenters. The van der Waals surface area contributed by atoms with Crippen LogP contribution in [0.1, 0.15) is 30.7 Å². The molecule has 1 fully saturated rings. The van der Waals surface area contributed by atoms with Gasteiger partial charge in [0.2, 0.25) is 5.91 Å². The van der Waals surface area contributed by atoms with Crippen molar-refractivity contribution in [2.24, 2.45) is 4.99 Å². The quantitative estimate of drug-likeness (QED) is 0.651. The largest absolute Gasteiger partial charge is 0.357 e. The molecule has 1 aromatic rings. The smallest absolute Gasteiger partial charge is 0.219 e. The van der Waals surface area contributed by atoms with E-state index in [-0.39, 0.29) is 5.91 Å². The van der Waals surface area contributed by atoms with E-state index < -0.39 is 0 Å². The van der Waals surface area contributed by atoms with E-state index in [1.807, 2.05) is 11.1 Å². The van der Waals surface area contributed by atoms with Crippen molar-refractivity contribution in [1.29, 1.82) is 0 Å². The van der Waals surface area contributed by atoms with Crippen molar-refractivity contribution in [3.8, 4) is 0 Å². The fourth-order valence-electron chi connectivity index (χ4n) is 2.54. The predicted octanol–water partition coefficient (Wildman–Crippen LogP) is 1.38. The van der Waals surface area contributed by atoms with Gasteiger partial charge in [-0.25, -0.2) is 4.98 Å². The summed E-state index contributed by atoms with van der Waals surface area (Å²) in [6.45, 7) is 10.7. The number of guanidine groups is 1. The zero-order valence-corrected chi connectivity index (χ0v) is 15.2. The van der Waals surface area contributed by atoms with Gasteiger partial charge < -0.3 is 15.1 Å². The molecule has 0 spiro atoms. The van der Waals surface area contributed by atoms with Gasteiger partial charge in [0.15, 0.2) is 5.96 Å². The highest BCUT2D eigenvalue weighted by Gasteiger charge is 2.20. The SMILES string of the molecule is CCNC(=NCCc1ncc(CC)s1)N1CCN(C(C)=O)CC1. The summed E-state index contributed by atoms with van der Waals surface area (Å²) >= 11 is 1.78. The maximum Gasteiger partial charge on any atom is 0.219 e. The van der Waals surface area contributed by atoms with E-state index in [1.54, 1.807) is 18.3 Å². The van der Waals surface area contributed by atoms with Crippen molar-refractivity contribution in [1.82, 2.24) is 20.1 Å². The fraction of sp³-hybridized carbons (Fsp3) is 0.688. The van der Waals surface area contributed by atoms with Crippen LogP contribution in [-0.2, 0) is 17.6 Å². The Balaban J connectivity index is 1.88. The van der Waals surface area contributed by atoms with Crippen LogP contribution >= 0.6 is 11.3 Å². The fourth-order valence-corrected chi connectivity index (χ4v) is 3.39. The van der Waals surface area contributed by atoms with Gasteiger partial charge in [0.1, 0.15) is 0 Å². The first-order chi connectivity index (χ1) is 11.1. The predicted molar refractivity (Wildman–Crippen MR) is 95.0 cm³/mol. The molecule has 1 amide bonds. The van der Waals surface area contributed by atoms with Crippen LogP contribution in [0.2, 0.25) is 0 Å². The first-order valence-electron chi connectivity index (χ1n) is 8.36. The lowest BCUT2D eigenvalue weighted by molar-refractivity contribution is -0.130. The highest BCUT2D eigenvalue weighted by atomic mass is 32.1. The number of aryl methyl sites for hydroxylation is 1. The Kier molecular flexibility index (Phi) is 6.83. The Morgan fingerprint density at radius 3 is 2.57 bits per heavy atom. The molecule has 2 heterocycles. The van der Waals surface area contributed by atoms with Gasteiger partial charge in [0, 0.05) is 63.7 Å². The van der Waals surface area contributed by atoms with Crippen molar-refractivity contribution in [3.05, 3.63) is 16.1 Å². The molecule has 0 saturated carbocycles. The number of nitrogens with zero attached hydrogens (tertiary/aromatic N) is 4. The highest BCUT2D eigenvalue weighted by Crippen LogP contribution is 2.13. The summed E-state index contributed by atoms with van der Waals surface area (Å²) in [5.41, 5.74) is 0. The average Bonchev–Trinajstić information content (AvgIpc) is 3.02. The molecule has 0 aliphatic carbocycles. The molecular weight excluding hydrogens is 310 g/mol. The van der Waals surface area contributed by atoms with Crippen LogP contribution in [0.15, 0.2) is 11.2 Å². The number of amides is 1. The van der Waals surface area contributed by atoms with Crippen molar-refractivity contribution in [3.63, 3.8) is 0 Å². The van der Waals surface area contributed by atoms with Gasteiger partial charge in [-0.15, -0.1) is 11.3 Å². The van der Waals surface area contributed by atoms with Gasteiger partial charge >= 0.3 is 0 Å². The van der Waals surface area contributed by atoms with Crippen LogP contribution in [0.5, 0.6) is 0 Å². The molecule has 7 heteroatoms. The van der Waals surface area contributed by atoms with E-state index in [1.165, 1.54) is 4.88 Å². The van der Waals surface area contributed by atoms with Gasteiger partial charge in [-0.05, 0) is 13.3 Å². The number of nitrogens with one attached hydrogen (secondary N) is 1. The number of rotatable bonds is 5. The number of hydrogen-bond donors (Lipinski definition) is 1. The molecule has 23 heavy (non-hydrogen) atoms. The molecule has 1 aliphatic rings. The first kappa shape index (κ1) is 17.7. The van der Waals surface area contributed by atoms with Crippen molar-refractivity contribution in [2.75, 3.05) is 39.3 Å². The summed E-state index contributed by atoms with van der Waals surface area (Å²) < 4.78 is 0. The lowest BCUT2D eigenvalue weighted by Gasteiger charge is -2.36. The van der Waals surface area contributed by atoms with Gasteiger partial charge in [0.05, 0.1) is 5.01 Å². The lowest BCUT2D eigenvalue weighted by atomic mass is 10.3. The normalized spacial score (nSPS) is 15.9. The Hall–Kier alpha value is -1.63. The van der Waals surface area contributed by atoms with Crippen LogP contribution in [0.3, 0.4) is 0 Å². The van der Waals surface area contributed by atoms with E-state index in [9.17, 15) is 4.79 Å². The third-order valence-corrected chi connectivity index (χ3v) is 5.10.